The van der Waals surface area contributed by atoms with E-state index in [2.05, 4.69) is 5.32 Å². The molecule has 1 amide bonds. The Morgan fingerprint density at radius 2 is 1.52 bits per heavy atom. The Morgan fingerprint density at radius 1 is 0.871 bits per heavy atom. The molecule has 0 unspecified atom stereocenters. The molecule has 0 spiro atoms. The predicted octanol–water partition coefficient (Wildman–Crippen LogP) is 6.50. The van der Waals surface area contributed by atoms with Gasteiger partial charge in [-0.3, -0.25) is 9.69 Å². The van der Waals surface area contributed by atoms with Crippen molar-refractivity contribution in [3.05, 3.63) is 82.7 Å². The van der Waals surface area contributed by atoms with Crippen LogP contribution in [0.5, 0.6) is 0 Å². The van der Waals surface area contributed by atoms with Crippen molar-refractivity contribution >= 4 is 17.3 Å². The van der Waals surface area contributed by atoms with Crippen LogP contribution in [-0.2, 0) is 17.1 Å². The fraction of sp³-hybridized carbons (Fsp3) is 0.227. The van der Waals surface area contributed by atoms with Crippen molar-refractivity contribution in [2.75, 3.05) is 10.2 Å². The minimum atomic E-state index is -4.57. The second-order valence-electron chi connectivity index (χ2n) is 7.23. The first-order valence-corrected chi connectivity index (χ1v) is 9.45. The van der Waals surface area contributed by atoms with Crippen LogP contribution < -0.4 is 10.2 Å². The summed E-state index contributed by atoms with van der Waals surface area (Å²) in [6.07, 6.45) is -5.52. The van der Waals surface area contributed by atoms with Crippen molar-refractivity contribution in [3.63, 3.8) is 0 Å². The maximum atomic E-state index is 13.2. The van der Waals surface area contributed by atoms with Gasteiger partial charge in [0.15, 0.2) is 0 Å². The van der Waals surface area contributed by atoms with Crippen LogP contribution in [0.4, 0.5) is 37.7 Å². The molecule has 2 aromatic carbocycles. The van der Waals surface area contributed by atoms with Gasteiger partial charge in [-0.25, -0.2) is 0 Å². The summed E-state index contributed by atoms with van der Waals surface area (Å²) in [5.41, 5.74) is -0.538. The normalized spacial score (nSPS) is 17.0. The van der Waals surface area contributed by atoms with Gasteiger partial charge in [-0.05, 0) is 55.7 Å². The SMILES string of the molecule is O=C1C(Nc2cccc(C(F)(F)F)c2)=C2CCCC=C2N1c1cccc(C(F)(F)F)c1. The Balaban J connectivity index is 1.72. The maximum absolute atomic E-state index is 13.2. The van der Waals surface area contributed by atoms with Crippen LogP contribution in [0.3, 0.4) is 0 Å². The van der Waals surface area contributed by atoms with E-state index in [4.69, 9.17) is 0 Å². The summed E-state index contributed by atoms with van der Waals surface area (Å²) >= 11 is 0. The van der Waals surface area contributed by atoms with E-state index >= 15 is 0 Å². The highest BCUT2D eigenvalue weighted by atomic mass is 19.4. The number of rotatable bonds is 3. The van der Waals surface area contributed by atoms with Crippen LogP contribution in [0.25, 0.3) is 0 Å². The topological polar surface area (TPSA) is 32.3 Å². The number of carbonyl (C=O) groups is 1. The Hall–Kier alpha value is -3.23. The highest BCUT2D eigenvalue weighted by molar-refractivity contribution is 6.15. The van der Waals surface area contributed by atoms with Gasteiger partial charge in [0, 0.05) is 16.9 Å². The van der Waals surface area contributed by atoms with Crippen LogP contribution in [0.15, 0.2) is 71.6 Å². The third-order valence-corrected chi connectivity index (χ3v) is 5.13. The van der Waals surface area contributed by atoms with Gasteiger partial charge in [-0.1, -0.05) is 18.2 Å². The number of fused-ring (bicyclic) bond motifs is 1. The average Bonchev–Trinajstić information content (AvgIpc) is 2.99. The minimum absolute atomic E-state index is 0.0475. The molecule has 0 atom stereocenters. The highest BCUT2D eigenvalue weighted by Crippen LogP contribution is 2.41. The molecule has 0 bridgehead atoms. The van der Waals surface area contributed by atoms with Gasteiger partial charge in [0.2, 0.25) is 0 Å². The monoisotopic (exact) mass is 438 g/mol. The number of benzene rings is 2. The van der Waals surface area contributed by atoms with Crippen LogP contribution >= 0.6 is 0 Å². The smallest absolute Gasteiger partial charge is 0.351 e. The van der Waals surface area contributed by atoms with E-state index in [9.17, 15) is 31.1 Å². The maximum Gasteiger partial charge on any atom is 0.416 e. The predicted molar refractivity (Wildman–Crippen MR) is 103 cm³/mol. The Morgan fingerprint density at radius 3 is 2.19 bits per heavy atom. The van der Waals surface area contributed by atoms with E-state index in [0.29, 0.717) is 24.1 Å². The number of amides is 1. The first kappa shape index (κ1) is 21.0. The molecule has 0 fully saturated rings. The Labute approximate surface area is 173 Å². The second-order valence-corrected chi connectivity index (χ2v) is 7.23. The molecule has 1 aliphatic heterocycles. The number of halogens is 6. The lowest BCUT2D eigenvalue weighted by molar-refractivity contribution is -0.138. The Kier molecular flexibility index (Phi) is 5.07. The van der Waals surface area contributed by atoms with E-state index in [1.54, 1.807) is 6.08 Å². The molecule has 162 valence electrons. The lowest BCUT2D eigenvalue weighted by Gasteiger charge is -2.23. The molecule has 0 aromatic heterocycles. The third-order valence-electron chi connectivity index (χ3n) is 5.13. The average molecular weight is 438 g/mol. The zero-order valence-electron chi connectivity index (χ0n) is 15.9. The van der Waals surface area contributed by atoms with E-state index in [1.807, 2.05) is 0 Å². The van der Waals surface area contributed by atoms with Gasteiger partial charge in [0.1, 0.15) is 5.70 Å². The van der Waals surface area contributed by atoms with Crippen LogP contribution in [-0.4, -0.2) is 5.91 Å². The first-order chi connectivity index (χ1) is 14.6. The fourth-order valence-corrected chi connectivity index (χ4v) is 3.72. The lowest BCUT2D eigenvalue weighted by Crippen LogP contribution is -2.27. The third kappa shape index (κ3) is 4.04. The molecule has 0 saturated heterocycles. The highest BCUT2D eigenvalue weighted by Gasteiger charge is 2.39. The second kappa shape index (κ2) is 7.47. The standard InChI is InChI=1S/C22H16F6N2O/c23-21(24,25)13-5-3-7-15(11-13)29-19-17-9-1-2-10-18(17)30(20(19)31)16-8-4-6-14(12-16)22(26,27)28/h3-8,10-12,29H,1-2,9H2. The quantitative estimate of drug-likeness (QED) is 0.555. The van der Waals surface area contributed by atoms with Gasteiger partial charge >= 0.3 is 12.4 Å². The molecular weight excluding hydrogens is 422 g/mol. The number of carbonyl (C=O) groups excluding carboxylic acids is 1. The number of alkyl halides is 6. The zero-order chi connectivity index (χ0) is 22.4. The van der Waals surface area contributed by atoms with Crippen LogP contribution in [0, 0.1) is 0 Å². The molecule has 3 nitrogen and oxygen atoms in total. The van der Waals surface area contributed by atoms with Crippen molar-refractivity contribution in [1.82, 2.24) is 0 Å². The van der Waals surface area contributed by atoms with Crippen LogP contribution in [0.2, 0.25) is 0 Å². The van der Waals surface area contributed by atoms with Gasteiger partial charge in [0.25, 0.3) is 5.91 Å². The summed E-state index contributed by atoms with van der Waals surface area (Å²) < 4.78 is 78.5. The first-order valence-electron chi connectivity index (χ1n) is 9.45. The van der Waals surface area contributed by atoms with E-state index in [-0.39, 0.29) is 17.1 Å². The van der Waals surface area contributed by atoms with E-state index < -0.39 is 29.4 Å². The summed E-state index contributed by atoms with van der Waals surface area (Å²) in [4.78, 5) is 14.4. The van der Waals surface area contributed by atoms with Crippen molar-refractivity contribution in [2.24, 2.45) is 0 Å². The summed E-state index contributed by atoms with van der Waals surface area (Å²) in [6, 6.07) is 8.83. The number of hydrogen-bond acceptors (Lipinski definition) is 2. The number of anilines is 2. The number of nitrogens with zero attached hydrogens (tertiary/aromatic N) is 1. The van der Waals surface area contributed by atoms with Crippen molar-refractivity contribution < 1.29 is 31.1 Å². The summed E-state index contributed by atoms with van der Waals surface area (Å²) in [5.74, 6) is -0.611. The molecule has 1 heterocycles. The fourth-order valence-electron chi connectivity index (χ4n) is 3.72. The van der Waals surface area contributed by atoms with Gasteiger partial charge in [-0.15, -0.1) is 0 Å². The summed E-state index contributed by atoms with van der Waals surface area (Å²) in [7, 11) is 0. The van der Waals surface area contributed by atoms with Gasteiger partial charge in [0.05, 0.1) is 16.8 Å². The number of hydrogen-bond donors (Lipinski definition) is 1. The molecule has 4 rings (SSSR count). The molecule has 9 heteroatoms. The molecule has 0 saturated carbocycles. The largest absolute Gasteiger partial charge is 0.416 e. The van der Waals surface area contributed by atoms with E-state index in [0.717, 1.165) is 30.7 Å². The van der Waals surface area contributed by atoms with Gasteiger partial charge in [-0.2, -0.15) is 26.3 Å². The van der Waals surface area contributed by atoms with Crippen molar-refractivity contribution in [2.45, 2.75) is 31.6 Å². The molecule has 0 radical (unpaired) electrons. The molecule has 2 aliphatic rings. The molecule has 1 aliphatic carbocycles. The molecule has 31 heavy (non-hydrogen) atoms. The molecule has 2 aromatic rings. The number of nitrogens with one attached hydrogen (secondary N) is 1. The summed E-state index contributed by atoms with van der Waals surface area (Å²) in [5, 5.41) is 2.77. The molecular formula is C22H16F6N2O. The van der Waals surface area contributed by atoms with Crippen molar-refractivity contribution in [3.8, 4) is 0 Å². The van der Waals surface area contributed by atoms with E-state index in [1.165, 1.54) is 29.2 Å². The van der Waals surface area contributed by atoms with Gasteiger partial charge < -0.3 is 5.32 Å². The van der Waals surface area contributed by atoms with Crippen molar-refractivity contribution in [1.29, 1.82) is 0 Å². The van der Waals surface area contributed by atoms with Crippen LogP contribution in [0.1, 0.15) is 30.4 Å². The summed E-state index contributed by atoms with van der Waals surface area (Å²) in [6.45, 7) is 0. The zero-order valence-corrected chi connectivity index (χ0v) is 15.9. The Bertz CT molecular complexity index is 1100. The molecule has 1 N–H and O–H groups in total. The lowest BCUT2D eigenvalue weighted by atomic mass is 9.98. The number of allylic oxidation sites excluding steroid dienone is 2. The minimum Gasteiger partial charge on any atom is -0.351 e.